The number of urea groups is 1. The number of piperidine rings is 1. The molecule has 2 rings (SSSR count). The second-order valence-corrected chi connectivity index (χ2v) is 8.45. The van der Waals surface area contributed by atoms with E-state index in [1.54, 1.807) is 4.90 Å². The summed E-state index contributed by atoms with van der Waals surface area (Å²) in [6.07, 6.45) is 2.01. The fourth-order valence-corrected chi connectivity index (χ4v) is 5.35. The van der Waals surface area contributed by atoms with Gasteiger partial charge in [-0.1, -0.05) is 6.92 Å². The molecule has 8 heteroatoms. The molecule has 0 aromatic carbocycles. The number of amides is 2. The van der Waals surface area contributed by atoms with Crippen molar-refractivity contribution in [3.05, 3.63) is 0 Å². The lowest BCUT2D eigenvalue weighted by Gasteiger charge is -2.40. The van der Waals surface area contributed by atoms with Gasteiger partial charge in [0, 0.05) is 26.3 Å². The van der Waals surface area contributed by atoms with E-state index in [1.807, 2.05) is 0 Å². The molecule has 7 nitrogen and oxygen atoms in total. The van der Waals surface area contributed by atoms with Crippen molar-refractivity contribution < 1.29 is 23.1 Å². The maximum absolute atomic E-state index is 12.5. The zero-order chi connectivity index (χ0) is 16.3. The fourth-order valence-electron chi connectivity index (χ4n) is 3.50. The number of hydrogen-bond donors (Lipinski definition) is 2. The van der Waals surface area contributed by atoms with E-state index in [-0.39, 0.29) is 30.2 Å². The summed E-state index contributed by atoms with van der Waals surface area (Å²) in [5.74, 6) is 0.202. The molecule has 2 amide bonds. The second-order valence-electron chi connectivity index (χ2n) is 6.30. The van der Waals surface area contributed by atoms with Crippen LogP contribution in [0.1, 0.15) is 26.2 Å². The molecule has 4 atom stereocenters. The Kier molecular flexibility index (Phi) is 5.68. The van der Waals surface area contributed by atoms with Gasteiger partial charge in [-0.25, -0.2) is 13.2 Å². The van der Waals surface area contributed by atoms with Crippen LogP contribution < -0.4 is 5.32 Å². The third-order valence-electron chi connectivity index (χ3n) is 4.71. The van der Waals surface area contributed by atoms with Gasteiger partial charge in [-0.3, -0.25) is 0 Å². The van der Waals surface area contributed by atoms with Crippen molar-refractivity contribution in [1.82, 2.24) is 10.2 Å². The minimum Gasteiger partial charge on any atom is -0.396 e. The van der Waals surface area contributed by atoms with Crippen LogP contribution in [0.4, 0.5) is 4.79 Å². The highest BCUT2D eigenvalue weighted by molar-refractivity contribution is 7.91. The van der Waals surface area contributed by atoms with Crippen molar-refractivity contribution >= 4 is 15.9 Å². The number of hydrogen-bond acceptors (Lipinski definition) is 5. The summed E-state index contributed by atoms with van der Waals surface area (Å²) in [5, 5.41) is 12.0. The van der Waals surface area contributed by atoms with Crippen LogP contribution in [0.3, 0.4) is 0 Å². The second kappa shape index (κ2) is 7.14. The Labute approximate surface area is 131 Å². The first-order valence-corrected chi connectivity index (χ1v) is 9.61. The van der Waals surface area contributed by atoms with Crippen LogP contribution in [0.5, 0.6) is 0 Å². The molecule has 0 aromatic rings. The number of carbonyl (C=O) groups is 1. The van der Waals surface area contributed by atoms with E-state index in [0.29, 0.717) is 18.9 Å². The largest absolute Gasteiger partial charge is 0.396 e. The van der Waals surface area contributed by atoms with Crippen molar-refractivity contribution in [2.75, 3.05) is 31.8 Å². The number of ether oxygens (including phenoxy) is 1. The van der Waals surface area contributed by atoms with E-state index < -0.39 is 22.0 Å². The third kappa shape index (κ3) is 3.91. The molecule has 0 aromatic heterocycles. The van der Waals surface area contributed by atoms with Crippen LogP contribution in [0, 0.1) is 5.92 Å². The molecule has 0 bridgehead atoms. The monoisotopic (exact) mass is 334 g/mol. The minimum absolute atomic E-state index is 0.00208. The van der Waals surface area contributed by atoms with Gasteiger partial charge in [0.05, 0.1) is 23.7 Å². The van der Waals surface area contributed by atoms with Crippen molar-refractivity contribution in [2.45, 2.75) is 44.4 Å². The standard InChI is InChI=1S/C14H26N2O5S/c1-10-4-3-6-16(12(10)5-7-17)14(18)15-11-8-22(19,20)9-13(11)21-2/h10-13,17H,3-9H2,1-2H3,(H,15,18). The van der Waals surface area contributed by atoms with E-state index in [4.69, 9.17) is 4.74 Å². The van der Waals surface area contributed by atoms with E-state index >= 15 is 0 Å². The number of aliphatic hydroxyl groups excluding tert-OH is 1. The molecule has 0 saturated carbocycles. The average Bonchev–Trinajstić information content (AvgIpc) is 2.75. The fraction of sp³-hybridized carbons (Fsp3) is 0.929. The smallest absolute Gasteiger partial charge is 0.317 e. The molecule has 0 radical (unpaired) electrons. The van der Waals surface area contributed by atoms with Crippen molar-refractivity contribution in [3.63, 3.8) is 0 Å². The summed E-state index contributed by atoms with van der Waals surface area (Å²) >= 11 is 0. The maximum atomic E-state index is 12.5. The zero-order valence-electron chi connectivity index (χ0n) is 13.2. The molecule has 2 N–H and O–H groups in total. The topological polar surface area (TPSA) is 95.9 Å². The number of rotatable bonds is 4. The lowest BCUT2D eigenvalue weighted by Crippen LogP contribution is -2.55. The molecule has 2 heterocycles. The summed E-state index contributed by atoms with van der Waals surface area (Å²) in [6.45, 7) is 2.76. The predicted molar refractivity (Wildman–Crippen MR) is 82.4 cm³/mol. The van der Waals surface area contributed by atoms with E-state index in [0.717, 1.165) is 12.8 Å². The first kappa shape index (κ1) is 17.5. The van der Waals surface area contributed by atoms with Gasteiger partial charge >= 0.3 is 6.03 Å². The highest BCUT2D eigenvalue weighted by Crippen LogP contribution is 2.26. The van der Waals surface area contributed by atoms with Crippen LogP contribution in [0.2, 0.25) is 0 Å². The molecular weight excluding hydrogens is 308 g/mol. The van der Waals surface area contributed by atoms with Crippen LogP contribution in [-0.4, -0.2) is 74.4 Å². The Balaban J connectivity index is 2.04. The molecular formula is C14H26N2O5S. The molecule has 0 aliphatic carbocycles. The number of nitrogens with one attached hydrogen (secondary N) is 1. The first-order chi connectivity index (χ1) is 10.4. The van der Waals surface area contributed by atoms with Gasteiger partial charge < -0.3 is 20.1 Å². The molecule has 2 aliphatic rings. The Morgan fingerprint density at radius 3 is 2.77 bits per heavy atom. The van der Waals surface area contributed by atoms with Gasteiger partial charge in [-0.2, -0.15) is 0 Å². The van der Waals surface area contributed by atoms with Crippen molar-refractivity contribution in [2.24, 2.45) is 5.92 Å². The molecule has 4 unspecified atom stereocenters. The Morgan fingerprint density at radius 2 is 2.14 bits per heavy atom. The highest BCUT2D eigenvalue weighted by atomic mass is 32.2. The van der Waals surface area contributed by atoms with Gasteiger partial charge in [0.15, 0.2) is 9.84 Å². The number of sulfone groups is 1. The van der Waals surface area contributed by atoms with E-state index in [2.05, 4.69) is 12.2 Å². The molecule has 128 valence electrons. The Morgan fingerprint density at radius 1 is 1.41 bits per heavy atom. The Hall–Kier alpha value is -0.860. The molecule has 22 heavy (non-hydrogen) atoms. The number of methoxy groups -OCH3 is 1. The van der Waals surface area contributed by atoms with Crippen LogP contribution in [0.15, 0.2) is 0 Å². The van der Waals surface area contributed by atoms with Crippen LogP contribution in [-0.2, 0) is 14.6 Å². The lowest BCUT2D eigenvalue weighted by molar-refractivity contribution is 0.0799. The number of aliphatic hydroxyl groups is 1. The molecule has 2 fully saturated rings. The number of likely N-dealkylation sites (tertiary alicyclic amines) is 1. The summed E-state index contributed by atoms with van der Waals surface area (Å²) < 4.78 is 28.6. The van der Waals surface area contributed by atoms with Gasteiger partial charge in [0.2, 0.25) is 0 Å². The van der Waals surface area contributed by atoms with Crippen molar-refractivity contribution in [1.29, 1.82) is 0 Å². The quantitative estimate of drug-likeness (QED) is 0.754. The molecule has 2 saturated heterocycles. The van der Waals surface area contributed by atoms with Gasteiger partial charge in [-0.05, 0) is 25.2 Å². The first-order valence-electron chi connectivity index (χ1n) is 7.79. The zero-order valence-corrected chi connectivity index (χ0v) is 14.0. The summed E-state index contributed by atoms with van der Waals surface area (Å²) in [4.78, 5) is 14.3. The molecule has 2 aliphatic heterocycles. The average molecular weight is 334 g/mol. The van der Waals surface area contributed by atoms with Crippen molar-refractivity contribution in [3.8, 4) is 0 Å². The molecule has 0 spiro atoms. The predicted octanol–water partition coefficient (Wildman–Crippen LogP) is -0.00910. The van der Waals surface area contributed by atoms with E-state index in [9.17, 15) is 18.3 Å². The highest BCUT2D eigenvalue weighted by Gasteiger charge is 2.40. The van der Waals surface area contributed by atoms with Crippen LogP contribution >= 0.6 is 0 Å². The Bertz CT molecular complexity index is 495. The normalized spacial score (nSPS) is 34.6. The van der Waals surface area contributed by atoms with E-state index in [1.165, 1.54) is 7.11 Å². The van der Waals surface area contributed by atoms with Crippen LogP contribution in [0.25, 0.3) is 0 Å². The maximum Gasteiger partial charge on any atom is 0.317 e. The minimum atomic E-state index is -3.17. The van der Waals surface area contributed by atoms with Gasteiger partial charge in [-0.15, -0.1) is 0 Å². The summed E-state index contributed by atoms with van der Waals surface area (Å²) in [7, 11) is -1.71. The third-order valence-corrected chi connectivity index (χ3v) is 6.42. The van der Waals surface area contributed by atoms with Gasteiger partial charge in [0.1, 0.15) is 0 Å². The number of nitrogens with zero attached hydrogens (tertiary/aromatic N) is 1. The lowest BCUT2D eigenvalue weighted by atomic mass is 9.89. The SMILES string of the molecule is COC1CS(=O)(=O)CC1NC(=O)N1CCCC(C)C1CCO. The van der Waals surface area contributed by atoms with Gasteiger partial charge in [0.25, 0.3) is 0 Å². The summed E-state index contributed by atoms with van der Waals surface area (Å²) in [6, 6.07) is -0.763. The number of carbonyl (C=O) groups excluding carboxylic acids is 1. The summed E-state index contributed by atoms with van der Waals surface area (Å²) in [5.41, 5.74) is 0.